The second-order valence-corrected chi connectivity index (χ2v) is 6.42. The molecule has 0 radical (unpaired) electrons. The minimum atomic E-state index is -0.389. The maximum atomic E-state index is 9.55. The topological polar surface area (TPSA) is 55.5 Å². The average Bonchev–Trinajstić information content (AvgIpc) is 2.34. The maximum Gasteiger partial charge on any atom is 0.137 e. The van der Waals surface area contributed by atoms with Gasteiger partial charge in [0.1, 0.15) is 11.9 Å². The van der Waals surface area contributed by atoms with Gasteiger partial charge in [0.2, 0.25) is 0 Å². The van der Waals surface area contributed by atoms with E-state index in [4.69, 9.17) is 10.5 Å². The molecule has 1 aromatic carbocycles. The number of aliphatic hydroxyl groups excluding tert-OH is 1. The van der Waals surface area contributed by atoms with Crippen LogP contribution in [-0.2, 0) is 0 Å². The highest BCUT2D eigenvalue weighted by Crippen LogP contribution is 2.29. The fraction of sp³-hybridized carbons (Fsp3) is 0.625. The number of hydrogen-bond donors (Lipinski definition) is 2. The van der Waals surface area contributed by atoms with E-state index in [1.807, 2.05) is 18.2 Å². The van der Waals surface area contributed by atoms with Gasteiger partial charge in [-0.15, -0.1) is 0 Å². The molecule has 2 atom stereocenters. The van der Waals surface area contributed by atoms with E-state index in [9.17, 15) is 5.11 Å². The summed E-state index contributed by atoms with van der Waals surface area (Å²) in [7, 11) is 0. The molecule has 0 saturated heterocycles. The van der Waals surface area contributed by atoms with Crippen molar-refractivity contribution < 1.29 is 9.84 Å². The second-order valence-electron chi connectivity index (χ2n) is 6.42. The first kappa shape index (κ1) is 16.0. The summed E-state index contributed by atoms with van der Waals surface area (Å²) < 4.78 is 5.97. The van der Waals surface area contributed by atoms with Crippen molar-refractivity contribution in [2.75, 3.05) is 6.61 Å². The molecule has 2 unspecified atom stereocenters. The van der Waals surface area contributed by atoms with Crippen molar-refractivity contribution in [2.24, 2.45) is 11.1 Å². The van der Waals surface area contributed by atoms with Crippen molar-refractivity contribution in [1.82, 2.24) is 0 Å². The van der Waals surface area contributed by atoms with Gasteiger partial charge in [-0.2, -0.15) is 0 Å². The fourth-order valence-corrected chi connectivity index (χ4v) is 2.01. The van der Waals surface area contributed by atoms with Gasteiger partial charge >= 0.3 is 0 Å². The van der Waals surface area contributed by atoms with E-state index in [2.05, 4.69) is 40.7 Å². The van der Waals surface area contributed by atoms with Crippen molar-refractivity contribution in [3.63, 3.8) is 0 Å². The van der Waals surface area contributed by atoms with Gasteiger partial charge in [-0.25, -0.2) is 0 Å². The van der Waals surface area contributed by atoms with Crippen LogP contribution in [0, 0.1) is 5.41 Å². The molecule has 0 aliphatic rings. The molecular weight excluding hydrogens is 238 g/mol. The Kier molecular flexibility index (Phi) is 5.39. The van der Waals surface area contributed by atoms with Crippen LogP contribution in [0.5, 0.6) is 5.75 Å². The van der Waals surface area contributed by atoms with Gasteiger partial charge in [-0.1, -0.05) is 52.8 Å². The van der Waals surface area contributed by atoms with E-state index in [1.54, 1.807) is 0 Å². The van der Waals surface area contributed by atoms with Crippen LogP contribution in [0.15, 0.2) is 24.3 Å². The molecule has 0 aliphatic carbocycles. The van der Waals surface area contributed by atoms with Crippen LogP contribution in [-0.4, -0.2) is 23.9 Å². The lowest BCUT2D eigenvalue weighted by Crippen LogP contribution is -2.49. The molecule has 0 aliphatic heterocycles. The molecule has 1 aromatic rings. The number of nitrogens with two attached hydrogens (primary N) is 1. The summed E-state index contributed by atoms with van der Waals surface area (Å²) in [6.07, 6.45) is -0.389. The van der Waals surface area contributed by atoms with Gasteiger partial charge in [0, 0.05) is 6.04 Å². The molecule has 3 nitrogen and oxygen atoms in total. The normalized spacial score (nSPS) is 15.4. The van der Waals surface area contributed by atoms with Gasteiger partial charge in [0.15, 0.2) is 0 Å². The molecule has 19 heavy (non-hydrogen) atoms. The first-order valence-corrected chi connectivity index (χ1v) is 6.89. The van der Waals surface area contributed by atoms with E-state index in [-0.39, 0.29) is 24.2 Å². The van der Waals surface area contributed by atoms with Crippen LogP contribution in [0.25, 0.3) is 0 Å². The molecule has 0 spiro atoms. The Bertz CT molecular complexity index is 396. The predicted molar refractivity (Wildman–Crippen MR) is 79.5 cm³/mol. The van der Waals surface area contributed by atoms with E-state index in [0.29, 0.717) is 5.92 Å². The van der Waals surface area contributed by atoms with E-state index in [0.717, 1.165) is 11.3 Å². The first-order chi connectivity index (χ1) is 8.77. The highest BCUT2D eigenvalue weighted by Gasteiger charge is 2.30. The maximum absolute atomic E-state index is 9.55. The highest BCUT2D eigenvalue weighted by molar-refractivity contribution is 5.35. The number of para-hydroxylation sites is 1. The third-order valence-electron chi connectivity index (χ3n) is 3.40. The Morgan fingerprint density at radius 2 is 1.79 bits per heavy atom. The highest BCUT2D eigenvalue weighted by atomic mass is 16.5. The third-order valence-corrected chi connectivity index (χ3v) is 3.40. The van der Waals surface area contributed by atoms with E-state index in [1.165, 1.54) is 0 Å². The molecule has 1 rings (SSSR count). The lowest BCUT2D eigenvalue weighted by molar-refractivity contribution is 0.0583. The summed E-state index contributed by atoms with van der Waals surface area (Å²) in [6.45, 7) is 10.3. The fourth-order valence-electron chi connectivity index (χ4n) is 2.01. The average molecular weight is 265 g/mol. The summed E-state index contributed by atoms with van der Waals surface area (Å²) in [6, 6.07) is 7.71. The van der Waals surface area contributed by atoms with E-state index >= 15 is 0 Å². The largest absolute Gasteiger partial charge is 0.486 e. The summed E-state index contributed by atoms with van der Waals surface area (Å²) >= 11 is 0. The number of aliphatic hydroxyl groups is 1. The first-order valence-electron chi connectivity index (χ1n) is 6.89. The van der Waals surface area contributed by atoms with Crippen LogP contribution >= 0.6 is 0 Å². The van der Waals surface area contributed by atoms with Gasteiger partial charge in [0.25, 0.3) is 0 Å². The van der Waals surface area contributed by atoms with Crippen molar-refractivity contribution >= 4 is 0 Å². The lowest BCUT2D eigenvalue weighted by Gasteiger charge is -2.33. The van der Waals surface area contributed by atoms with Crippen molar-refractivity contribution in [3.8, 4) is 5.75 Å². The number of hydrogen-bond acceptors (Lipinski definition) is 3. The smallest absolute Gasteiger partial charge is 0.137 e. The molecule has 108 valence electrons. The SMILES string of the molecule is CC(C)c1ccccc1OC(CO)C(N)C(C)(C)C. The zero-order chi connectivity index (χ0) is 14.6. The molecule has 0 bridgehead atoms. The standard InChI is InChI=1S/C16H27NO2/c1-11(2)12-8-6-7-9-13(12)19-14(10-18)15(17)16(3,4)5/h6-9,11,14-15,18H,10,17H2,1-5H3. The molecule has 0 heterocycles. The zero-order valence-corrected chi connectivity index (χ0v) is 12.7. The quantitative estimate of drug-likeness (QED) is 0.860. The molecule has 3 heteroatoms. The second kappa shape index (κ2) is 6.40. The Hall–Kier alpha value is -1.06. The Balaban J connectivity index is 2.93. The summed E-state index contributed by atoms with van der Waals surface area (Å²) in [5.41, 5.74) is 7.22. The third kappa shape index (κ3) is 4.22. The lowest BCUT2D eigenvalue weighted by atomic mass is 9.84. The minimum absolute atomic E-state index is 0.0785. The number of rotatable bonds is 5. The predicted octanol–water partition coefficient (Wildman–Crippen LogP) is 2.92. The van der Waals surface area contributed by atoms with Crippen LogP contribution in [0.2, 0.25) is 0 Å². The van der Waals surface area contributed by atoms with Gasteiger partial charge in [-0.05, 0) is 23.0 Å². The number of ether oxygens (including phenoxy) is 1. The van der Waals surface area contributed by atoms with Crippen LogP contribution in [0.1, 0.15) is 46.1 Å². The van der Waals surface area contributed by atoms with Gasteiger partial charge in [0.05, 0.1) is 6.61 Å². The minimum Gasteiger partial charge on any atom is -0.486 e. The molecule has 0 aromatic heterocycles. The summed E-state index contributed by atoms with van der Waals surface area (Å²) in [4.78, 5) is 0. The monoisotopic (exact) mass is 265 g/mol. The Morgan fingerprint density at radius 3 is 2.26 bits per heavy atom. The molecule has 0 fully saturated rings. The number of benzene rings is 1. The summed E-state index contributed by atoms with van der Waals surface area (Å²) in [5, 5.41) is 9.55. The Labute approximate surface area is 116 Å². The van der Waals surface area contributed by atoms with Gasteiger partial charge < -0.3 is 15.6 Å². The summed E-state index contributed by atoms with van der Waals surface area (Å²) in [5.74, 6) is 1.19. The van der Waals surface area contributed by atoms with Crippen LogP contribution in [0.3, 0.4) is 0 Å². The van der Waals surface area contributed by atoms with Crippen LogP contribution in [0.4, 0.5) is 0 Å². The Morgan fingerprint density at radius 1 is 1.21 bits per heavy atom. The molecule has 0 saturated carbocycles. The van der Waals surface area contributed by atoms with Crippen molar-refractivity contribution in [3.05, 3.63) is 29.8 Å². The van der Waals surface area contributed by atoms with Crippen molar-refractivity contribution in [2.45, 2.75) is 52.7 Å². The molecular formula is C16H27NO2. The zero-order valence-electron chi connectivity index (χ0n) is 12.7. The van der Waals surface area contributed by atoms with Crippen LogP contribution < -0.4 is 10.5 Å². The van der Waals surface area contributed by atoms with E-state index < -0.39 is 0 Å². The van der Waals surface area contributed by atoms with Gasteiger partial charge in [-0.3, -0.25) is 0 Å². The molecule has 0 amide bonds. The molecule has 3 N–H and O–H groups in total. The van der Waals surface area contributed by atoms with Crippen molar-refractivity contribution in [1.29, 1.82) is 0 Å².